The maximum Gasteiger partial charge on any atom is 0.272 e. The number of imidazole rings is 1. The Kier molecular flexibility index (Phi) is 3.10. The largest absolute Gasteiger partial charge is 0.344 e. The van der Waals surface area contributed by atoms with Gasteiger partial charge in [-0.25, -0.2) is 9.97 Å². The maximum atomic E-state index is 12.1. The van der Waals surface area contributed by atoms with Crippen LogP contribution in [0.5, 0.6) is 0 Å². The minimum Gasteiger partial charge on any atom is -0.344 e. The van der Waals surface area contributed by atoms with Crippen LogP contribution in [0, 0.1) is 0 Å². The van der Waals surface area contributed by atoms with E-state index in [-0.39, 0.29) is 5.91 Å². The van der Waals surface area contributed by atoms with Crippen molar-refractivity contribution in [2.45, 2.75) is 32.4 Å². The number of carbonyl (C=O) groups is 1. The highest BCUT2D eigenvalue weighted by Gasteiger charge is 2.19. The Hall–Kier alpha value is -1.69. The fraction of sp³-hybridized carbons (Fsp3) is 0.417. The zero-order valence-electron chi connectivity index (χ0n) is 9.93. The number of aryl methyl sites for hydroxylation is 1. The van der Waals surface area contributed by atoms with Gasteiger partial charge in [-0.1, -0.05) is 0 Å². The van der Waals surface area contributed by atoms with Crippen LogP contribution in [0.15, 0.2) is 17.9 Å². The van der Waals surface area contributed by atoms with Gasteiger partial charge in [0.05, 0.1) is 18.6 Å². The van der Waals surface area contributed by atoms with Crippen molar-refractivity contribution < 1.29 is 4.79 Å². The van der Waals surface area contributed by atoms with E-state index in [1.54, 1.807) is 12.5 Å². The minimum absolute atomic E-state index is 0.0964. The van der Waals surface area contributed by atoms with Gasteiger partial charge in [-0.2, -0.15) is 0 Å². The molecular formula is C12H14N4OS. The maximum absolute atomic E-state index is 12.1. The summed E-state index contributed by atoms with van der Waals surface area (Å²) in [6, 6.07) is 0. The summed E-state index contributed by atoms with van der Waals surface area (Å²) >= 11 is 1.54. The summed E-state index contributed by atoms with van der Waals surface area (Å²) < 4.78 is 2.09. The van der Waals surface area contributed by atoms with Gasteiger partial charge in [0.15, 0.2) is 0 Å². The van der Waals surface area contributed by atoms with E-state index in [2.05, 4.69) is 19.9 Å². The molecule has 18 heavy (non-hydrogen) atoms. The number of amides is 1. The molecule has 0 spiro atoms. The number of hydrogen-bond acceptors (Lipinski definition) is 4. The van der Waals surface area contributed by atoms with E-state index >= 15 is 0 Å². The number of nitrogens with one attached hydrogen (secondary N) is 1. The molecule has 1 aliphatic rings. The lowest BCUT2D eigenvalue weighted by Gasteiger charge is -2.14. The lowest BCUT2D eigenvalue weighted by atomic mass is 10.1. The third kappa shape index (κ3) is 2.15. The van der Waals surface area contributed by atoms with Crippen LogP contribution >= 0.6 is 11.3 Å². The highest BCUT2D eigenvalue weighted by molar-refractivity contribution is 7.09. The normalized spacial score (nSPS) is 14.2. The first-order valence-electron chi connectivity index (χ1n) is 6.05. The Morgan fingerprint density at radius 1 is 1.44 bits per heavy atom. The van der Waals surface area contributed by atoms with Crippen LogP contribution in [-0.2, 0) is 19.5 Å². The average Bonchev–Trinajstić information content (AvgIpc) is 3.05. The summed E-state index contributed by atoms with van der Waals surface area (Å²) in [4.78, 5) is 20.4. The van der Waals surface area contributed by atoms with Crippen LogP contribution in [0.4, 0.5) is 0 Å². The number of nitrogens with zero attached hydrogens (tertiary/aromatic N) is 3. The molecule has 1 amide bonds. The zero-order chi connectivity index (χ0) is 12.4. The van der Waals surface area contributed by atoms with Crippen LogP contribution < -0.4 is 5.32 Å². The van der Waals surface area contributed by atoms with Gasteiger partial charge in [0.1, 0.15) is 10.7 Å². The molecule has 5 nitrogen and oxygen atoms in total. The van der Waals surface area contributed by atoms with Crippen molar-refractivity contribution in [3.05, 3.63) is 34.3 Å². The Morgan fingerprint density at radius 3 is 3.22 bits per heavy atom. The summed E-state index contributed by atoms with van der Waals surface area (Å²) in [7, 11) is 0. The molecule has 0 aromatic carbocycles. The van der Waals surface area contributed by atoms with Crippen LogP contribution in [0.1, 0.15) is 34.0 Å². The molecule has 1 N–H and O–H groups in total. The van der Waals surface area contributed by atoms with Gasteiger partial charge in [-0.15, -0.1) is 11.3 Å². The van der Waals surface area contributed by atoms with Gasteiger partial charge in [-0.05, 0) is 19.3 Å². The molecular weight excluding hydrogens is 248 g/mol. The van der Waals surface area contributed by atoms with Gasteiger partial charge < -0.3 is 9.88 Å². The van der Waals surface area contributed by atoms with Crippen molar-refractivity contribution >= 4 is 17.2 Å². The van der Waals surface area contributed by atoms with E-state index in [0.717, 1.165) is 30.1 Å². The first-order valence-corrected chi connectivity index (χ1v) is 6.93. The molecule has 94 valence electrons. The summed E-state index contributed by atoms with van der Waals surface area (Å²) in [5.41, 5.74) is 1.64. The Balaban J connectivity index is 1.70. The molecule has 0 bridgehead atoms. The summed E-state index contributed by atoms with van der Waals surface area (Å²) in [5, 5.41) is 5.69. The van der Waals surface area contributed by atoms with Gasteiger partial charge in [-0.3, -0.25) is 4.79 Å². The number of rotatable bonds is 3. The molecule has 3 heterocycles. The number of aromatic nitrogens is 3. The summed E-state index contributed by atoms with van der Waals surface area (Å²) in [6.45, 7) is 1.45. The van der Waals surface area contributed by atoms with Crippen LogP contribution in [-0.4, -0.2) is 20.4 Å². The Morgan fingerprint density at radius 2 is 2.39 bits per heavy atom. The first kappa shape index (κ1) is 11.4. The number of fused-ring (bicyclic) bond motifs is 1. The molecule has 3 rings (SSSR count). The molecule has 2 aromatic rings. The lowest BCUT2D eigenvalue weighted by Crippen LogP contribution is -2.25. The predicted molar refractivity (Wildman–Crippen MR) is 68.4 cm³/mol. The van der Waals surface area contributed by atoms with E-state index < -0.39 is 0 Å². The van der Waals surface area contributed by atoms with Crippen molar-refractivity contribution in [1.82, 2.24) is 19.9 Å². The molecule has 2 aromatic heterocycles. The minimum atomic E-state index is -0.0964. The van der Waals surface area contributed by atoms with E-state index in [9.17, 15) is 4.79 Å². The fourth-order valence-electron chi connectivity index (χ4n) is 2.21. The third-order valence-electron chi connectivity index (χ3n) is 3.11. The van der Waals surface area contributed by atoms with E-state index in [1.807, 2.05) is 5.38 Å². The Bertz CT molecular complexity index is 546. The van der Waals surface area contributed by atoms with Crippen molar-refractivity contribution in [2.75, 3.05) is 0 Å². The predicted octanol–water partition coefficient (Wildman–Crippen LogP) is 1.61. The van der Waals surface area contributed by atoms with Crippen molar-refractivity contribution in [2.24, 2.45) is 0 Å². The Labute approximate surface area is 109 Å². The standard InChI is InChI=1S/C12H14N4OS/c17-12(14-7-10-13-4-6-18-10)11-9-3-1-2-5-16(9)8-15-11/h4,6,8H,1-3,5,7H2,(H,14,17). The van der Waals surface area contributed by atoms with E-state index in [0.29, 0.717) is 12.2 Å². The van der Waals surface area contributed by atoms with Crippen molar-refractivity contribution in [3.8, 4) is 0 Å². The lowest BCUT2D eigenvalue weighted by molar-refractivity contribution is 0.0945. The second-order valence-electron chi connectivity index (χ2n) is 4.30. The van der Waals surface area contributed by atoms with Gasteiger partial charge in [0.25, 0.3) is 5.91 Å². The molecule has 0 saturated heterocycles. The quantitative estimate of drug-likeness (QED) is 0.914. The highest BCUT2D eigenvalue weighted by atomic mass is 32.1. The molecule has 0 unspecified atom stereocenters. The molecule has 0 aliphatic carbocycles. The molecule has 6 heteroatoms. The molecule has 0 fully saturated rings. The second kappa shape index (κ2) is 4.89. The highest BCUT2D eigenvalue weighted by Crippen LogP contribution is 2.17. The fourth-order valence-corrected chi connectivity index (χ4v) is 2.76. The van der Waals surface area contributed by atoms with Gasteiger partial charge in [0, 0.05) is 18.1 Å². The SMILES string of the molecule is O=C(NCc1nccs1)c1ncn2c1CCCC2. The molecule has 0 atom stereocenters. The van der Waals surface area contributed by atoms with Crippen LogP contribution in [0.3, 0.4) is 0 Å². The molecule has 0 radical (unpaired) electrons. The second-order valence-corrected chi connectivity index (χ2v) is 5.28. The van der Waals surface area contributed by atoms with Crippen molar-refractivity contribution in [1.29, 1.82) is 0 Å². The van der Waals surface area contributed by atoms with Gasteiger partial charge >= 0.3 is 0 Å². The number of hydrogen-bond donors (Lipinski definition) is 1. The molecule has 0 saturated carbocycles. The first-order chi connectivity index (χ1) is 8.84. The van der Waals surface area contributed by atoms with Gasteiger partial charge in [0.2, 0.25) is 0 Å². The summed E-state index contributed by atoms with van der Waals surface area (Å²) in [6.07, 6.45) is 6.76. The number of thiazole rings is 1. The van der Waals surface area contributed by atoms with Crippen LogP contribution in [0.25, 0.3) is 0 Å². The number of carbonyl (C=O) groups excluding carboxylic acids is 1. The zero-order valence-corrected chi connectivity index (χ0v) is 10.7. The third-order valence-corrected chi connectivity index (χ3v) is 3.89. The average molecular weight is 262 g/mol. The molecule has 1 aliphatic heterocycles. The van der Waals surface area contributed by atoms with E-state index in [4.69, 9.17) is 0 Å². The smallest absolute Gasteiger partial charge is 0.272 e. The topological polar surface area (TPSA) is 59.8 Å². The van der Waals surface area contributed by atoms with Crippen molar-refractivity contribution in [3.63, 3.8) is 0 Å². The monoisotopic (exact) mass is 262 g/mol. The van der Waals surface area contributed by atoms with E-state index in [1.165, 1.54) is 17.8 Å². The summed E-state index contributed by atoms with van der Waals surface area (Å²) in [5.74, 6) is -0.0964. The van der Waals surface area contributed by atoms with Crippen LogP contribution in [0.2, 0.25) is 0 Å².